The Morgan fingerprint density at radius 1 is 1.33 bits per heavy atom. The molecule has 0 bridgehead atoms. The third-order valence-corrected chi connectivity index (χ3v) is 6.73. The minimum atomic E-state index is -0.0364. The molecule has 2 fully saturated rings. The smallest absolute Gasteiger partial charge is 0.245 e. The third-order valence-electron chi connectivity index (χ3n) is 5.34. The van der Waals surface area contributed by atoms with Gasteiger partial charge in [-0.1, -0.05) is 18.2 Å². The highest BCUT2D eigenvalue weighted by Crippen LogP contribution is 2.43. The lowest BCUT2D eigenvalue weighted by Crippen LogP contribution is -2.49. The van der Waals surface area contributed by atoms with Gasteiger partial charge in [-0.05, 0) is 49.8 Å². The van der Waals surface area contributed by atoms with Gasteiger partial charge in [0, 0.05) is 37.0 Å². The van der Waals surface area contributed by atoms with Gasteiger partial charge in [0.05, 0.1) is 4.34 Å². The average Bonchev–Trinajstić information content (AvgIpc) is 2.98. The minimum absolute atomic E-state index is 0.0364. The van der Waals surface area contributed by atoms with Crippen LogP contribution < -0.4 is 0 Å². The van der Waals surface area contributed by atoms with E-state index in [9.17, 15) is 9.59 Å². The molecule has 2 heterocycles. The number of carbonyl (C=O) groups excluding carboxylic acids is 2. The summed E-state index contributed by atoms with van der Waals surface area (Å²) in [6, 6.07) is 4.38. The first-order valence-electron chi connectivity index (χ1n) is 8.43. The number of thiophene rings is 1. The van der Waals surface area contributed by atoms with E-state index in [-0.39, 0.29) is 17.7 Å². The van der Waals surface area contributed by atoms with Gasteiger partial charge in [0.2, 0.25) is 11.8 Å². The molecule has 3 rings (SSSR count). The average molecular weight is 367 g/mol. The molecule has 1 aliphatic carbocycles. The minimum Gasteiger partial charge on any atom is -0.342 e. The zero-order valence-corrected chi connectivity index (χ0v) is 15.5. The van der Waals surface area contributed by atoms with Crippen molar-refractivity contribution >= 4 is 34.8 Å². The molecule has 0 N–H and O–H groups in total. The molecule has 1 saturated carbocycles. The first-order chi connectivity index (χ1) is 11.5. The summed E-state index contributed by atoms with van der Waals surface area (Å²) in [6.07, 6.45) is 4.89. The first-order valence-corrected chi connectivity index (χ1v) is 9.62. The summed E-state index contributed by atoms with van der Waals surface area (Å²) in [5.74, 6) is 0.771. The molecule has 0 spiro atoms. The maximum atomic E-state index is 12.7. The van der Waals surface area contributed by atoms with Gasteiger partial charge in [-0.3, -0.25) is 9.59 Å². The van der Waals surface area contributed by atoms with Gasteiger partial charge >= 0.3 is 0 Å². The summed E-state index contributed by atoms with van der Waals surface area (Å²) in [4.78, 5) is 29.4. The fourth-order valence-electron chi connectivity index (χ4n) is 3.63. The van der Waals surface area contributed by atoms with Crippen LogP contribution in [-0.2, 0) is 9.59 Å². The quantitative estimate of drug-likeness (QED) is 0.765. The lowest BCUT2D eigenvalue weighted by atomic mass is 9.78. The largest absolute Gasteiger partial charge is 0.342 e. The van der Waals surface area contributed by atoms with E-state index in [2.05, 4.69) is 12.6 Å². The van der Waals surface area contributed by atoms with Crippen LogP contribution in [0, 0.1) is 5.92 Å². The number of piperidine rings is 1. The molecule has 130 valence electrons. The predicted octanol–water partition coefficient (Wildman–Crippen LogP) is 3.53. The highest BCUT2D eigenvalue weighted by molar-refractivity contribution is 7.16. The molecule has 2 amide bonds. The monoisotopic (exact) mass is 366 g/mol. The number of hydrogen-bond acceptors (Lipinski definition) is 3. The van der Waals surface area contributed by atoms with E-state index in [1.54, 1.807) is 16.2 Å². The molecule has 24 heavy (non-hydrogen) atoms. The van der Waals surface area contributed by atoms with Crippen molar-refractivity contribution in [1.29, 1.82) is 0 Å². The molecular weight excluding hydrogens is 344 g/mol. The summed E-state index contributed by atoms with van der Waals surface area (Å²) < 4.78 is 0.832. The van der Waals surface area contributed by atoms with Gasteiger partial charge < -0.3 is 9.80 Å². The molecule has 6 heteroatoms. The summed E-state index contributed by atoms with van der Waals surface area (Å²) in [6.45, 7) is 4.82. The van der Waals surface area contributed by atoms with Crippen molar-refractivity contribution < 1.29 is 9.59 Å². The molecule has 0 aromatic carbocycles. The van der Waals surface area contributed by atoms with Crippen molar-refractivity contribution in [2.45, 2.75) is 37.6 Å². The van der Waals surface area contributed by atoms with Crippen molar-refractivity contribution in [3.63, 3.8) is 0 Å². The lowest BCUT2D eigenvalue weighted by Gasteiger charge is -2.43. The van der Waals surface area contributed by atoms with E-state index in [0.29, 0.717) is 25.0 Å². The van der Waals surface area contributed by atoms with Gasteiger partial charge in [-0.25, -0.2) is 0 Å². The van der Waals surface area contributed by atoms with E-state index in [1.165, 1.54) is 11.0 Å². The van der Waals surface area contributed by atoms with E-state index in [1.807, 2.05) is 18.0 Å². The molecule has 2 aliphatic rings. The Labute approximate surface area is 152 Å². The van der Waals surface area contributed by atoms with Crippen LogP contribution in [0.25, 0.3) is 0 Å². The fourth-order valence-corrected chi connectivity index (χ4v) is 4.81. The zero-order chi connectivity index (χ0) is 17.3. The normalized spacial score (nSPS) is 24.3. The van der Waals surface area contributed by atoms with Crippen molar-refractivity contribution in [3.05, 3.63) is 34.0 Å². The van der Waals surface area contributed by atoms with Crippen molar-refractivity contribution in [1.82, 2.24) is 9.80 Å². The molecule has 1 saturated heterocycles. The Morgan fingerprint density at radius 2 is 2.00 bits per heavy atom. The Morgan fingerprint density at radius 3 is 2.54 bits per heavy atom. The lowest BCUT2D eigenvalue weighted by molar-refractivity contribution is -0.141. The topological polar surface area (TPSA) is 40.6 Å². The van der Waals surface area contributed by atoms with E-state index in [4.69, 9.17) is 11.6 Å². The maximum Gasteiger partial charge on any atom is 0.245 e. The van der Waals surface area contributed by atoms with Crippen LogP contribution in [0.5, 0.6) is 0 Å². The molecule has 0 unspecified atom stereocenters. The summed E-state index contributed by atoms with van der Waals surface area (Å²) >= 11 is 7.64. The Kier molecular flexibility index (Phi) is 5.30. The molecule has 0 atom stereocenters. The Bertz CT molecular complexity index is 631. The second-order valence-corrected chi connectivity index (χ2v) is 8.46. The van der Waals surface area contributed by atoms with Crippen LogP contribution in [0.2, 0.25) is 4.34 Å². The number of halogens is 1. The van der Waals surface area contributed by atoms with E-state index in [0.717, 1.165) is 30.0 Å². The number of amides is 2. The number of likely N-dealkylation sites (tertiary alicyclic amines) is 1. The molecular formula is C18H23ClN2O2S. The molecule has 4 nitrogen and oxygen atoms in total. The van der Waals surface area contributed by atoms with Gasteiger partial charge in [-0.15, -0.1) is 11.3 Å². The van der Waals surface area contributed by atoms with E-state index < -0.39 is 0 Å². The molecule has 0 radical (unpaired) electrons. The van der Waals surface area contributed by atoms with Gasteiger partial charge in [0.15, 0.2) is 0 Å². The van der Waals surface area contributed by atoms with Crippen LogP contribution in [0.1, 0.15) is 36.5 Å². The highest BCUT2D eigenvalue weighted by atomic mass is 35.5. The van der Waals surface area contributed by atoms with Crippen LogP contribution in [0.15, 0.2) is 24.8 Å². The van der Waals surface area contributed by atoms with Crippen LogP contribution in [0.3, 0.4) is 0 Å². The number of hydrogen-bond donors (Lipinski definition) is 0. The Balaban J connectivity index is 1.48. The standard InChI is InChI=1S/C18H23ClN2O2S/c1-3-17(22)21-8-6-12(7-9-21)18(23)20(2)14-10-13(11-14)15-4-5-16(19)24-15/h3-5,12-14H,1,6-11H2,2H3. The van der Waals surface area contributed by atoms with Crippen molar-refractivity contribution in [2.75, 3.05) is 20.1 Å². The van der Waals surface area contributed by atoms with E-state index >= 15 is 0 Å². The zero-order valence-electron chi connectivity index (χ0n) is 13.9. The van der Waals surface area contributed by atoms with Crippen LogP contribution >= 0.6 is 22.9 Å². The molecule has 1 aromatic rings. The van der Waals surface area contributed by atoms with Gasteiger partial charge in [0.1, 0.15) is 0 Å². The second-order valence-electron chi connectivity index (χ2n) is 6.72. The SMILES string of the molecule is C=CC(=O)N1CCC(C(=O)N(C)C2CC(c3ccc(Cl)s3)C2)CC1. The van der Waals surface area contributed by atoms with Gasteiger partial charge in [0.25, 0.3) is 0 Å². The number of nitrogens with zero attached hydrogens (tertiary/aromatic N) is 2. The highest BCUT2D eigenvalue weighted by Gasteiger charge is 2.38. The Hall–Kier alpha value is -1.33. The molecule has 1 aromatic heterocycles. The third kappa shape index (κ3) is 3.52. The number of rotatable bonds is 4. The summed E-state index contributed by atoms with van der Waals surface area (Å²) in [5.41, 5.74) is 0. The second kappa shape index (κ2) is 7.28. The fraction of sp³-hybridized carbons (Fsp3) is 0.556. The van der Waals surface area contributed by atoms with Crippen molar-refractivity contribution in [2.24, 2.45) is 5.92 Å². The van der Waals surface area contributed by atoms with Crippen molar-refractivity contribution in [3.8, 4) is 0 Å². The van der Waals surface area contributed by atoms with Gasteiger partial charge in [-0.2, -0.15) is 0 Å². The number of carbonyl (C=O) groups is 2. The van der Waals surface area contributed by atoms with Crippen LogP contribution in [-0.4, -0.2) is 47.8 Å². The summed E-state index contributed by atoms with van der Waals surface area (Å²) in [5, 5.41) is 0. The maximum absolute atomic E-state index is 12.7. The van der Waals surface area contributed by atoms with Crippen LogP contribution in [0.4, 0.5) is 0 Å². The summed E-state index contributed by atoms with van der Waals surface area (Å²) in [7, 11) is 1.92. The predicted molar refractivity (Wildman–Crippen MR) is 97.4 cm³/mol. The first kappa shape index (κ1) is 17.5. The molecule has 1 aliphatic heterocycles.